The third kappa shape index (κ3) is 3.46. The Morgan fingerprint density at radius 2 is 1.68 bits per heavy atom. The SMILES string of the molecule is O=C(c1ccc(Oc2ccccc2)cc1)N(CCO)C1CC1. The minimum absolute atomic E-state index is 0.00254. The highest BCUT2D eigenvalue weighted by molar-refractivity contribution is 5.94. The van der Waals surface area contributed by atoms with E-state index in [1.165, 1.54) is 0 Å². The van der Waals surface area contributed by atoms with Crippen molar-refractivity contribution in [1.29, 1.82) is 0 Å². The van der Waals surface area contributed by atoms with Gasteiger partial charge in [0.15, 0.2) is 0 Å². The summed E-state index contributed by atoms with van der Waals surface area (Å²) in [6.07, 6.45) is 2.06. The van der Waals surface area contributed by atoms with Crippen LogP contribution in [0.25, 0.3) is 0 Å². The van der Waals surface area contributed by atoms with Gasteiger partial charge in [0.1, 0.15) is 11.5 Å². The lowest BCUT2D eigenvalue weighted by atomic mass is 10.2. The molecule has 1 aliphatic rings. The standard InChI is InChI=1S/C18H19NO3/c20-13-12-19(15-8-9-15)18(21)14-6-10-17(11-7-14)22-16-4-2-1-3-5-16/h1-7,10-11,15,20H,8-9,12-13H2. The lowest BCUT2D eigenvalue weighted by molar-refractivity contribution is 0.0707. The van der Waals surface area contributed by atoms with Crippen LogP contribution in [-0.4, -0.2) is 35.1 Å². The van der Waals surface area contributed by atoms with Gasteiger partial charge in [-0.05, 0) is 49.2 Å². The molecule has 0 radical (unpaired) electrons. The molecule has 0 saturated heterocycles. The Hall–Kier alpha value is -2.33. The molecular formula is C18H19NO3. The first-order valence-corrected chi connectivity index (χ1v) is 7.53. The Bertz CT molecular complexity index is 621. The lowest BCUT2D eigenvalue weighted by Crippen LogP contribution is -2.35. The van der Waals surface area contributed by atoms with E-state index in [2.05, 4.69) is 0 Å². The van der Waals surface area contributed by atoms with E-state index in [1.54, 1.807) is 29.2 Å². The number of carbonyl (C=O) groups is 1. The fraction of sp³-hybridized carbons (Fsp3) is 0.278. The van der Waals surface area contributed by atoms with Crippen molar-refractivity contribution in [3.05, 3.63) is 60.2 Å². The van der Waals surface area contributed by atoms with Crippen LogP contribution in [0.3, 0.4) is 0 Å². The van der Waals surface area contributed by atoms with Gasteiger partial charge in [-0.25, -0.2) is 0 Å². The third-order valence-corrected chi connectivity index (χ3v) is 3.67. The van der Waals surface area contributed by atoms with Crippen molar-refractivity contribution in [2.24, 2.45) is 0 Å². The van der Waals surface area contributed by atoms with Crippen molar-refractivity contribution in [3.63, 3.8) is 0 Å². The normalized spacial score (nSPS) is 13.7. The molecule has 1 amide bonds. The van der Waals surface area contributed by atoms with Gasteiger partial charge in [0.25, 0.3) is 5.91 Å². The number of amides is 1. The number of carbonyl (C=O) groups excluding carboxylic acids is 1. The molecule has 4 heteroatoms. The monoisotopic (exact) mass is 297 g/mol. The molecular weight excluding hydrogens is 278 g/mol. The van der Waals surface area contributed by atoms with Gasteiger partial charge < -0.3 is 14.7 Å². The van der Waals surface area contributed by atoms with E-state index in [0.29, 0.717) is 23.9 Å². The van der Waals surface area contributed by atoms with Gasteiger partial charge in [-0.3, -0.25) is 4.79 Å². The number of hydrogen-bond acceptors (Lipinski definition) is 3. The number of benzene rings is 2. The molecule has 22 heavy (non-hydrogen) atoms. The predicted molar refractivity (Wildman–Crippen MR) is 84.1 cm³/mol. The quantitative estimate of drug-likeness (QED) is 0.891. The van der Waals surface area contributed by atoms with Gasteiger partial charge in [0, 0.05) is 18.2 Å². The van der Waals surface area contributed by atoms with Crippen molar-refractivity contribution >= 4 is 5.91 Å². The highest BCUT2D eigenvalue weighted by Crippen LogP contribution is 2.28. The van der Waals surface area contributed by atoms with Crippen LogP contribution in [0.4, 0.5) is 0 Å². The van der Waals surface area contributed by atoms with Crippen molar-refractivity contribution in [2.75, 3.05) is 13.2 Å². The van der Waals surface area contributed by atoms with Crippen LogP contribution >= 0.6 is 0 Å². The lowest BCUT2D eigenvalue weighted by Gasteiger charge is -2.21. The fourth-order valence-electron chi connectivity index (χ4n) is 2.40. The molecule has 114 valence electrons. The number of nitrogens with zero attached hydrogens (tertiary/aromatic N) is 1. The molecule has 0 aromatic heterocycles. The number of hydrogen-bond donors (Lipinski definition) is 1. The molecule has 1 fully saturated rings. The summed E-state index contributed by atoms with van der Waals surface area (Å²) in [5.41, 5.74) is 0.626. The smallest absolute Gasteiger partial charge is 0.254 e. The van der Waals surface area contributed by atoms with Crippen molar-refractivity contribution < 1.29 is 14.6 Å². The van der Waals surface area contributed by atoms with Crippen LogP contribution < -0.4 is 4.74 Å². The Labute approximate surface area is 130 Å². The van der Waals surface area contributed by atoms with E-state index in [4.69, 9.17) is 9.84 Å². The van der Waals surface area contributed by atoms with Gasteiger partial charge in [0.2, 0.25) is 0 Å². The van der Waals surface area contributed by atoms with Crippen LogP contribution in [0.5, 0.6) is 11.5 Å². The summed E-state index contributed by atoms with van der Waals surface area (Å²) in [6.45, 7) is 0.392. The van der Waals surface area contributed by atoms with E-state index in [1.807, 2.05) is 30.3 Å². The van der Waals surface area contributed by atoms with E-state index in [0.717, 1.165) is 18.6 Å². The second-order valence-electron chi connectivity index (χ2n) is 5.39. The van der Waals surface area contributed by atoms with E-state index >= 15 is 0 Å². The van der Waals surface area contributed by atoms with E-state index in [9.17, 15) is 4.79 Å². The molecule has 4 nitrogen and oxygen atoms in total. The first kappa shape index (κ1) is 14.6. The summed E-state index contributed by atoms with van der Waals surface area (Å²) in [6, 6.07) is 17.0. The van der Waals surface area contributed by atoms with Gasteiger partial charge >= 0.3 is 0 Å². The molecule has 2 aromatic carbocycles. The Kier molecular flexibility index (Phi) is 4.39. The summed E-state index contributed by atoms with van der Waals surface area (Å²) in [5, 5.41) is 9.10. The molecule has 0 heterocycles. The van der Waals surface area contributed by atoms with Crippen molar-refractivity contribution in [2.45, 2.75) is 18.9 Å². The molecule has 0 unspecified atom stereocenters. The van der Waals surface area contributed by atoms with Gasteiger partial charge in [-0.15, -0.1) is 0 Å². The van der Waals surface area contributed by atoms with Crippen LogP contribution in [-0.2, 0) is 0 Å². The summed E-state index contributed by atoms with van der Waals surface area (Å²) in [4.78, 5) is 14.2. The first-order chi connectivity index (χ1) is 10.8. The third-order valence-electron chi connectivity index (χ3n) is 3.67. The maximum absolute atomic E-state index is 12.5. The zero-order valence-corrected chi connectivity index (χ0v) is 12.3. The predicted octanol–water partition coefficient (Wildman–Crippen LogP) is 3.08. The summed E-state index contributed by atoms with van der Waals surface area (Å²) in [5.74, 6) is 1.44. The zero-order chi connectivity index (χ0) is 15.4. The summed E-state index contributed by atoms with van der Waals surface area (Å²) in [7, 11) is 0. The number of aliphatic hydroxyl groups excluding tert-OH is 1. The summed E-state index contributed by atoms with van der Waals surface area (Å²) >= 11 is 0. The highest BCUT2D eigenvalue weighted by Gasteiger charge is 2.32. The number of ether oxygens (including phenoxy) is 1. The maximum Gasteiger partial charge on any atom is 0.254 e. The molecule has 0 bridgehead atoms. The number of aliphatic hydroxyl groups is 1. The molecule has 2 aromatic rings. The zero-order valence-electron chi connectivity index (χ0n) is 12.3. The number of rotatable bonds is 6. The first-order valence-electron chi connectivity index (χ1n) is 7.53. The van der Waals surface area contributed by atoms with Crippen molar-refractivity contribution in [1.82, 2.24) is 4.90 Å². The minimum atomic E-state index is -0.0252. The van der Waals surface area contributed by atoms with Crippen LogP contribution in [0.1, 0.15) is 23.2 Å². The average Bonchev–Trinajstić information content (AvgIpc) is 3.38. The van der Waals surface area contributed by atoms with Crippen molar-refractivity contribution in [3.8, 4) is 11.5 Å². The largest absolute Gasteiger partial charge is 0.457 e. The molecule has 0 aliphatic heterocycles. The Morgan fingerprint density at radius 3 is 2.27 bits per heavy atom. The van der Waals surface area contributed by atoms with Gasteiger partial charge in [-0.2, -0.15) is 0 Å². The summed E-state index contributed by atoms with van der Waals surface area (Å²) < 4.78 is 5.72. The highest BCUT2D eigenvalue weighted by atomic mass is 16.5. The molecule has 3 rings (SSSR count). The minimum Gasteiger partial charge on any atom is -0.457 e. The van der Waals surface area contributed by atoms with Gasteiger partial charge in [0.05, 0.1) is 6.61 Å². The van der Waals surface area contributed by atoms with E-state index in [-0.39, 0.29) is 12.5 Å². The second kappa shape index (κ2) is 6.62. The van der Waals surface area contributed by atoms with Crippen LogP contribution in [0, 0.1) is 0 Å². The maximum atomic E-state index is 12.5. The second-order valence-corrected chi connectivity index (χ2v) is 5.39. The topological polar surface area (TPSA) is 49.8 Å². The molecule has 1 N–H and O–H groups in total. The van der Waals surface area contributed by atoms with Crippen LogP contribution in [0.15, 0.2) is 54.6 Å². The average molecular weight is 297 g/mol. The molecule has 1 aliphatic carbocycles. The molecule has 0 spiro atoms. The fourth-order valence-corrected chi connectivity index (χ4v) is 2.40. The molecule has 1 saturated carbocycles. The Morgan fingerprint density at radius 1 is 1.05 bits per heavy atom. The number of para-hydroxylation sites is 1. The van der Waals surface area contributed by atoms with E-state index < -0.39 is 0 Å². The Balaban J connectivity index is 1.69. The molecule has 0 atom stereocenters. The van der Waals surface area contributed by atoms with Gasteiger partial charge in [-0.1, -0.05) is 18.2 Å². The van der Waals surface area contributed by atoms with Crippen LogP contribution in [0.2, 0.25) is 0 Å².